The largest absolute Gasteiger partial charge is 0.310 e. The molecule has 8 nitrogen and oxygen atoms in total. The number of hydrogen-bond acceptors (Lipinski definition) is 7. The molecule has 0 spiro atoms. The number of rotatable bonds is 7. The Hall–Kier alpha value is -3.59. The number of nitrogens with one attached hydrogen (secondary N) is 1. The first-order valence-corrected chi connectivity index (χ1v) is 11.7. The van der Waals surface area contributed by atoms with Gasteiger partial charge in [-0.2, -0.15) is 0 Å². The SMILES string of the molecule is CC(C)n1cnnc1-c1cccc(NC(=O)c2cccc(Sc3cnc(C4CC4)nc3)c2)n1. The number of benzene rings is 1. The molecule has 3 heterocycles. The predicted molar refractivity (Wildman–Crippen MR) is 126 cm³/mol. The Bertz CT molecular complexity index is 1280. The van der Waals surface area contributed by atoms with Gasteiger partial charge in [0.25, 0.3) is 5.91 Å². The Labute approximate surface area is 195 Å². The van der Waals surface area contributed by atoms with Crippen LogP contribution in [0.1, 0.15) is 54.8 Å². The van der Waals surface area contributed by atoms with E-state index in [0.717, 1.165) is 15.6 Å². The van der Waals surface area contributed by atoms with Crippen molar-refractivity contribution < 1.29 is 4.79 Å². The molecule has 5 rings (SSSR count). The number of carbonyl (C=O) groups excluding carboxylic acids is 1. The highest BCUT2D eigenvalue weighted by molar-refractivity contribution is 7.99. The summed E-state index contributed by atoms with van der Waals surface area (Å²) in [7, 11) is 0. The Morgan fingerprint density at radius 3 is 2.64 bits per heavy atom. The number of nitrogens with zero attached hydrogens (tertiary/aromatic N) is 6. The fourth-order valence-electron chi connectivity index (χ4n) is 3.39. The van der Waals surface area contributed by atoms with E-state index in [1.807, 2.05) is 47.3 Å². The van der Waals surface area contributed by atoms with E-state index in [4.69, 9.17) is 0 Å². The molecule has 1 saturated carbocycles. The maximum Gasteiger partial charge on any atom is 0.256 e. The van der Waals surface area contributed by atoms with E-state index < -0.39 is 0 Å². The molecule has 4 aromatic rings. The first-order chi connectivity index (χ1) is 16.1. The summed E-state index contributed by atoms with van der Waals surface area (Å²) < 4.78 is 1.94. The number of anilines is 1. The number of pyridine rings is 1. The Balaban J connectivity index is 1.29. The summed E-state index contributed by atoms with van der Waals surface area (Å²) in [6.45, 7) is 4.11. The molecule has 166 valence electrons. The van der Waals surface area contributed by atoms with Crippen LogP contribution in [-0.4, -0.2) is 35.6 Å². The van der Waals surface area contributed by atoms with E-state index in [0.29, 0.717) is 28.8 Å². The third-order valence-electron chi connectivity index (χ3n) is 5.27. The standard InChI is InChI=1S/C24H23N7OS/c1-15(2)31-14-27-30-23(31)20-7-4-8-21(28-20)29-24(32)17-5-3-6-18(11-17)33-19-12-25-22(26-13-19)16-9-10-16/h3-8,11-16H,9-10H2,1-2H3,(H,28,29,32). The van der Waals surface area contributed by atoms with Gasteiger partial charge in [-0.15, -0.1) is 10.2 Å². The van der Waals surface area contributed by atoms with Gasteiger partial charge >= 0.3 is 0 Å². The summed E-state index contributed by atoms with van der Waals surface area (Å²) in [6.07, 6.45) is 7.74. The van der Waals surface area contributed by atoms with E-state index in [-0.39, 0.29) is 11.9 Å². The molecule has 0 unspecified atom stereocenters. The summed E-state index contributed by atoms with van der Waals surface area (Å²) in [6, 6.07) is 13.1. The number of carbonyl (C=O) groups is 1. The van der Waals surface area contributed by atoms with Crippen LogP contribution in [0.25, 0.3) is 11.5 Å². The van der Waals surface area contributed by atoms with Crippen LogP contribution in [0.5, 0.6) is 0 Å². The van der Waals surface area contributed by atoms with E-state index in [1.54, 1.807) is 18.5 Å². The molecule has 9 heteroatoms. The fourth-order valence-corrected chi connectivity index (χ4v) is 4.20. The molecule has 0 atom stereocenters. The highest BCUT2D eigenvalue weighted by Gasteiger charge is 2.26. The van der Waals surface area contributed by atoms with Crippen LogP contribution in [0, 0.1) is 0 Å². The molecule has 0 bridgehead atoms. The minimum Gasteiger partial charge on any atom is -0.310 e. The molecule has 1 amide bonds. The summed E-state index contributed by atoms with van der Waals surface area (Å²) in [5, 5.41) is 11.1. The van der Waals surface area contributed by atoms with Gasteiger partial charge in [-0.3, -0.25) is 4.79 Å². The number of amides is 1. The molecule has 0 radical (unpaired) electrons. The van der Waals surface area contributed by atoms with Gasteiger partial charge in [0.05, 0.1) is 0 Å². The van der Waals surface area contributed by atoms with E-state index in [9.17, 15) is 4.79 Å². The van der Waals surface area contributed by atoms with Crippen molar-refractivity contribution in [2.24, 2.45) is 0 Å². The van der Waals surface area contributed by atoms with Gasteiger partial charge < -0.3 is 9.88 Å². The van der Waals surface area contributed by atoms with Crippen molar-refractivity contribution >= 4 is 23.5 Å². The Kier molecular flexibility index (Phi) is 5.87. The van der Waals surface area contributed by atoms with Crippen LogP contribution < -0.4 is 5.32 Å². The van der Waals surface area contributed by atoms with Crippen molar-refractivity contribution in [1.82, 2.24) is 29.7 Å². The lowest BCUT2D eigenvalue weighted by Gasteiger charge is -2.11. The summed E-state index contributed by atoms with van der Waals surface area (Å²) in [5.41, 5.74) is 1.20. The maximum absolute atomic E-state index is 12.9. The number of hydrogen-bond donors (Lipinski definition) is 1. The zero-order valence-corrected chi connectivity index (χ0v) is 19.2. The van der Waals surface area contributed by atoms with Gasteiger partial charge in [0, 0.05) is 39.7 Å². The first kappa shape index (κ1) is 21.3. The molecule has 3 aromatic heterocycles. The van der Waals surface area contributed by atoms with Gasteiger partial charge in [-0.05, 0) is 57.0 Å². The second-order valence-electron chi connectivity index (χ2n) is 8.20. The van der Waals surface area contributed by atoms with Gasteiger partial charge in [-0.1, -0.05) is 23.9 Å². The molecular weight excluding hydrogens is 434 g/mol. The highest BCUT2D eigenvalue weighted by atomic mass is 32.2. The minimum absolute atomic E-state index is 0.200. The van der Waals surface area contributed by atoms with E-state index in [1.165, 1.54) is 24.6 Å². The topological polar surface area (TPSA) is 98.5 Å². The van der Waals surface area contributed by atoms with Gasteiger partial charge in [-0.25, -0.2) is 15.0 Å². The molecule has 1 aromatic carbocycles. The molecule has 33 heavy (non-hydrogen) atoms. The molecule has 0 aliphatic heterocycles. The van der Waals surface area contributed by atoms with Crippen LogP contribution in [0.2, 0.25) is 0 Å². The second kappa shape index (κ2) is 9.11. The maximum atomic E-state index is 12.9. The van der Waals surface area contributed by atoms with Gasteiger partial charge in [0.15, 0.2) is 5.82 Å². The van der Waals surface area contributed by atoms with Crippen LogP contribution >= 0.6 is 11.8 Å². The van der Waals surface area contributed by atoms with Crippen LogP contribution in [0.3, 0.4) is 0 Å². The summed E-state index contributed by atoms with van der Waals surface area (Å²) >= 11 is 1.53. The molecule has 0 saturated heterocycles. The molecule has 1 fully saturated rings. The van der Waals surface area contributed by atoms with E-state index in [2.05, 4.69) is 44.3 Å². The lowest BCUT2D eigenvalue weighted by molar-refractivity contribution is 0.102. The fraction of sp³-hybridized carbons (Fsp3) is 0.250. The molecule has 1 N–H and O–H groups in total. The number of aromatic nitrogens is 6. The van der Waals surface area contributed by atoms with E-state index >= 15 is 0 Å². The highest BCUT2D eigenvalue weighted by Crippen LogP contribution is 2.38. The van der Waals surface area contributed by atoms with Crippen LogP contribution in [-0.2, 0) is 0 Å². The van der Waals surface area contributed by atoms with Crippen molar-refractivity contribution in [3.05, 3.63) is 72.6 Å². The van der Waals surface area contributed by atoms with Crippen molar-refractivity contribution in [2.45, 2.75) is 48.4 Å². The van der Waals surface area contributed by atoms with Crippen LogP contribution in [0.4, 0.5) is 5.82 Å². The zero-order chi connectivity index (χ0) is 22.8. The minimum atomic E-state index is -0.229. The van der Waals surface area contributed by atoms with Gasteiger partial charge in [0.2, 0.25) is 0 Å². The average Bonchev–Trinajstić information content (AvgIpc) is 3.55. The third-order valence-corrected chi connectivity index (χ3v) is 6.21. The third kappa shape index (κ3) is 4.93. The lowest BCUT2D eigenvalue weighted by atomic mass is 10.2. The molecular formula is C24H23N7OS. The monoisotopic (exact) mass is 457 g/mol. The molecule has 1 aliphatic carbocycles. The van der Waals surface area contributed by atoms with Crippen molar-refractivity contribution in [3.8, 4) is 11.5 Å². The average molecular weight is 458 g/mol. The lowest BCUT2D eigenvalue weighted by Crippen LogP contribution is -2.13. The predicted octanol–water partition coefficient (Wildman–Crippen LogP) is 4.99. The van der Waals surface area contributed by atoms with Crippen molar-refractivity contribution in [2.75, 3.05) is 5.32 Å². The van der Waals surface area contributed by atoms with Crippen molar-refractivity contribution in [3.63, 3.8) is 0 Å². The smallest absolute Gasteiger partial charge is 0.256 e. The Morgan fingerprint density at radius 2 is 1.88 bits per heavy atom. The quantitative estimate of drug-likeness (QED) is 0.417. The summed E-state index contributed by atoms with van der Waals surface area (Å²) in [4.78, 5) is 28.3. The molecule has 1 aliphatic rings. The zero-order valence-electron chi connectivity index (χ0n) is 18.3. The Morgan fingerprint density at radius 1 is 1.09 bits per heavy atom. The second-order valence-corrected chi connectivity index (χ2v) is 9.35. The van der Waals surface area contributed by atoms with Crippen molar-refractivity contribution in [1.29, 1.82) is 0 Å². The normalized spacial score (nSPS) is 13.3. The summed E-state index contributed by atoms with van der Waals surface area (Å²) in [5.74, 6) is 2.35. The van der Waals surface area contributed by atoms with Gasteiger partial charge in [0.1, 0.15) is 23.7 Å². The first-order valence-electron chi connectivity index (χ1n) is 10.8. The van der Waals surface area contributed by atoms with Crippen LogP contribution in [0.15, 0.2) is 71.0 Å².